The Balaban J connectivity index is 2.57. The fourth-order valence-corrected chi connectivity index (χ4v) is 1.51. The van der Waals surface area contributed by atoms with Gasteiger partial charge in [-0.15, -0.1) is 0 Å². The topological polar surface area (TPSA) is 76.1 Å². The van der Waals surface area contributed by atoms with Crippen LogP contribution in [-0.4, -0.2) is 11.6 Å². The maximum atomic E-state index is 11.5. The van der Waals surface area contributed by atoms with Crippen molar-refractivity contribution in [1.29, 1.82) is 5.26 Å². The number of carbonyl (C=O) groups is 1. The molecule has 2 N–H and O–H groups in total. The lowest BCUT2D eigenvalue weighted by atomic mass is 10.1. The zero-order valence-corrected chi connectivity index (χ0v) is 11.0. The summed E-state index contributed by atoms with van der Waals surface area (Å²) in [5.74, 6) is -0.231. The Labute approximate surface area is 107 Å². The minimum Gasteiger partial charge on any atom is -0.460 e. The number of nitrogen functional groups attached to an aromatic ring is 1. The van der Waals surface area contributed by atoms with E-state index in [4.69, 9.17) is 15.7 Å². The molecule has 0 amide bonds. The molecular weight excluding hydrogens is 228 g/mol. The van der Waals surface area contributed by atoms with Crippen LogP contribution in [0.1, 0.15) is 38.3 Å². The summed E-state index contributed by atoms with van der Waals surface area (Å²) in [6.07, 6.45) is 0.868. The quantitative estimate of drug-likeness (QED) is 0.656. The number of aryl methyl sites for hydroxylation is 1. The monoisotopic (exact) mass is 246 g/mol. The number of nitriles is 1. The van der Waals surface area contributed by atoms with Crippen LogP contribution in [0.25, 0.3) is 0 Å². The second kappa shape index (κ2) is 5.54. The summed E-state index contributed by atoms with van der Waals surface area (Å²) in [4.78, 5) is 11.5. The van der Waals surface area contributed by atoms with Crippen molar-refractivity contribution in [3.63, 3.8) is 0 Å². The lowest BCUT2D eigenvalue weighted by molar-refractivity contribution is -0.154. The summed E-state index contributed by atoms with van der Waals surface area (Å²) in [7, 11) is 0. The Morgan fingerprint density at radius 3 is 2.61 bits per heavy atom. The molecule has 0 spiro atoms. The Kier molecular flexibility index (Phi) is 4.33. The first-order valence-electron chi connectivity index (χ1n) is 5.82. The van der Waals surface area contributed by atoms with Crippen molar-refractivity contribution in [3.05, 3.63) is 29.3 Å². The fraction of sp³-hybridized carbons (Fsp3) is 0.429. The van der Waals surface area contributed by atoms with Crippen LogP contribution < -0.4 is 5.73 Å². The van der Waals surface area contributed by atoms with Crippen LogP contribution in [0.3, 0.4) is 0 Å². The van der Waals surface area contributed by atoms with Gasteiger partial charge in [0.25, 0.3) is 0 Å². The normalized spacial score (nSPS) is 10.8. The summed E-state index contributed by atoms with van der Waals surface area (Å²) in [5.41, 5.74) is 7.07. The van der Waals surface area contributed by atoms with E-state index in [0.29, 0.717) is 24.1 Å². The summed E-state index contributed by atoms with van der Waals surface area (Å²) < 4.78 is 5.21. The van der Waals surface area contributed by atoms with Gasteiger partial charge in [0.1, 0.15) is 11.7 Å². The number of benzene rings is 1. The zero-order valence-electron chi connectivity index (χ0n) is 11.0. The van der Waals surface area contributed by atoms with Gasteiger partial charge in [-0.05, 0) is 44.9 Å². The first-order chi connectivity index (χ1) is 8.31. The number of rotatable bonds is 3. The molecule has 96 valence electrons. The van der Waals surface area contributed by atoms with Gasteiger partial charge in [0.15, 0.2) is 0 Å². The molecule has 0 aliphatic heterocycles. The van der Waals surface area contributed by atoms with Crippen LogP contribution in [-0.2, 0) is 16.0 Å². The summed E-state index contributed by atoms with van der Waals surface area (Å²) in [6.45, 7) is 5.51. The highest BCUT2D eigenvalue weighted by molar-refractivity contribution is 5.70. The van der Waals surface area contributed by atoms with E-state index < -0.39 is 5.60 Å². The molecule has 0 bridgehead atoms. The third-order valence-electron chi connectivity index (χ3n) is 2.27. The Morgan fingerprint density at radius 1 is 1.44 bits per heavy atom. The Hall–Kier alpha value is -2.02. The number of nitrogens with zero attached hydrogens (tertiary/aromatic N) is 1. The highest BCUT2D eigenvalue weighted by Gasteiger charge is 2.15. The third-order valence-corrected chi connectivity index (χ3v) is 2.27. The lowest BCUT2D eigenvalue weighted by Gasteiger charge is -2.19. The van der Waals surface area contributed by atoms with Crippen LogP contribution in [0.2, 0.25) is 0 Å². The number of ether oxygens (including phenoxy) is 1. The van der Waals surface area contributed by atoms with Gasteiger partial charge in [-0.3, -0.25) is 4.79 Å². The molecule has 0 aliphatic carbocycles. The zero-order chi connectivity index (χ0) is 13.8. The van der Waals surface area contributed by atoms with Gasteiger partial charge in [0.05, 0.1) is 5.56 Å². The van der Waals surface area contributed by atoms with E-state index in [1.165, 1.54) is 0 Å². The van der Waals surface area contributed by atoms with E-state index in [9.17, 15) is 4.79 Å². The Bertz CT molecular complexity index is 482. The van der Waals surface area contributed by atoms with Crippen LogP contribution in [0.4, 0.5) is 5.69 Å². The first kappa shape index (κ1) is 14.0. The molecule has 0 atom stereocenters. The van der Waals surface area contributed by atoms with Crippen LogP contribution >= 0.6 is 0 Å². The van der Waals surface area contributed by atoms with Gasteiger partial charge in [-0.2, -0.15) is 5.26 Å². The van der Waals surface area contributed by atoms with Crippen molar-refractivity contribution < 1.29 is 9.53 Å². The van der Waals surface area contributed by atoms with Crippen LogP contribution in [0.15, 0.2) is 18.2 Å². The smallest absolute Gasteiger partial charge is 0.306 e. The molecule has 1 aromatic rings. The number of nitrogens with two attached hydrogens (primary N) is 1. The molecule has 18 heavy (non-hydrogen) atoms. The molecule has 0 saturated heterocycles. The molecule has 1 rings (SSSR count). The molecule has 0 radical (unpaired) electrons. The predicted molar refractivity (Wildman–Crippen MR) is 69.7 cm³/mol. The summed E-state index contributed by atoms with van der Waals surface area (Å²) in [6, 6.07) is 7.20. The molecule has 4 heteroatoms. The van der Waals surface area contributed by atoms with E-state index in [1.54, 1.807) is 18.2 Å². The molecule has 0 unspecified atom stereocenters. The number of carbonyl (C=O) groups excluding carboxylic acids is 1. The average molecular weight is 246 g/mol. The van der Waals surface area contributed by atoms with Crippen LogP contribution in [0, 0.1) is 11.3 Å². The molecular formula is C14H18N2O2. The van der Waals surface area contributed by atoms with Crippen molar-refractivity contribution in [2.45, 2.75) is 39.2 Å². The number of hydrogen-bond acceptors (Lipinski definition) is 4. The summed E-state index contributed by atoms with van der Waals surface area (Å²) >= 11 is 0. The molecule has 0 saturated carbocycles. The van der Waals surface area contributed by atoms with E-state index in [0.717, 1.165) is 5.56 Å². The fourth-order valence-electron chi connectivity index (χ4n) is 1.51. The van der Waals surface area contributed by atoms with Crippen molar-refractivity contribution in [2.24, 2.45) is 0 Å². The van der Waals surface area contributed by atoms with Gasteiger partial charge < -0.3 is 10.5 Å². The van der Waals surface area contributed by atoms with Crippen molar-refractivity contribution in [1.82, 2.24) is 0 Å². The average Bonchev–Trinajstić information content (AvgIpc) is 2.24. The van der Waals surface area contributed by atoms with E-state index >= 15 is 0 Å². The van der Waals surface area contributed by atoms with Crippen LogP contribution in [0.5, 0.6) is 0 Å². The maximum absolute atomic E-state index is 11.5. The second-order valence-corrected chi connectivity index (χ2v) is 5.12. The molecule has 4 nitrogen and oxygen atoms in total. The van der Waals surface area contributed by atoms with Crippen molar-refractivity contribution >= 4 is 11.7 Å². The van der Waals surface area contributed by atoms with E-state index in [-0.39, 0.29) is 5.97 Å². The lowest BCUT2D eigenvalue weighted by Crippen LogP contribution is -2.24. The summed E-state index contributed by atoms with van der Waals surface area (Å²) in [5, 5.41) is 8.75. The van der Waals surface area contributed by atoms with Crippen molar-refractivity contribution in [2.75, 3.05) is 5.73 Å². The van der Waals surface area contributed by atoms with E-state index in [1.807, 2.05) is 26.8 Å². The predicted octanol–water partition coefficient (Wildman–Crippen LogP) is 2.41. The third kappa shape index (κ3) is 4.46. The van der Waals surface area contributed by atoms with Gasteiger partial charge in [0, 0.05) is 12.1 Å². The Morgan fingerprint density at radius 2 is 2.11 bits per heavy atom. The minimum atomic E-state index is -0.458. The highest BCUT2D eigenvalue weighted by atomic mass is 16.6. The van der Waals surface area contributed by atoms with Crippen molar-refractivity contribution in [3.8, 4) is 6.07 Å². The molecule has 0 fully saturated rings. The number of hydrogen-bond donors (Lipinski definition) is 1. The standard InChI is InChI=1S/C14H18N2O2/c1-14(2,3)18-13(17)7-5-10-4-6-11(9-15)12(16)8-10/h4,6,8H,5,7,16H2,1-3H3. The molecule has 0 aliphatic rings. The molecule has 1 aromatic carbocycles. The first-order valence-corrected chi connectivity index (χ1v) is 5.82. The number of esters is 1. The maximum Gasteiger partial charge on any atom is 0.306 e. The molecule has 0 heterocycles. The van der Waals surface area contributed by atoms with E-state index in [2.05, 4.69) is 0 Å². The number of anilines is 1. The highest BCUT2D eigenvalue weighted by Crippen LogP contribution is 2.15. The van der Waals surface area contributed by atoms with Gasteiger partial charge in [0.2, 0.25) is 0 Å². The van der Waals surface area contributed by atoms with Gasteiger partial charge >= 0.3 is 5.97 Å². The van der Waals surface area contributed by atoms with Gasteiger partial charge in [-0.1, -0.05) is 6.07 Å². The molecule has 0 aromatic heterocycles. The minimum absolute atomic E-state index is 0.231. The second-order valence-electron chi connectivity index (χ2n) is 5.12. The largest absolute Gasteiger partial charge is 0.460 e. The SMILES string of the molecule is CC(C)(C)OC(=O)CCc1ccc(C#N)c(N)c1. The van der Waals surface area contributed by atoms with Gasteiger partial charge in [-0.25, -0.2) is 0 Å².